The first kappa shape index (κ1) is 11.2. The van der Waals surface area contributed by atoms with E-state index in [0.29, 0.717) is 5.92 Å². The normalized spacial score (nSPS) is 11.2. The van der Waals surface area contributed by atoms with E-state index < -0.39 is 0 Å². The first-order valence-electron chi connectivity index (χ1n) is 5.62. The van der Waals surface area contributed by atoms with Gasteiger partial charge >= 0.3 is 0 Å². The lowest BCUT2D eigenvalue weighted by molar-refractivity contribution is 0.541. The van der Waals surface area contributed by atoms with E-state index in [-0.39, 0.29) is 0 Å². The lowest BCUT2D eigenvalue weighted by Crippen LogP contribution is -2.07. The molecule has 1 rings (SSSR count). The van der Waals surface area contributed by atoms with Crippen LogP contribution in [0.3, 0.4) is 0 Å². The highest BCUT2D eigenvalue weighted by atomic mass is 15.4. The minimum absolute atomic E-state index is 0.526. The lowest BCUT2D eigenvalue weighted by Gasteiger charge is -2.09. The molecule has 1 aromatic heterocycles. The monoisotopic (exact) mass is 195 g/mol. The van der Waals surface area contributed by atoms with Crippen molar-refractivity contribution in [2.75, 3.05) is 0 Å². The van der Waals surface area contributed by atoms with Crippen molar-refractivity contribution < 1.29 is 0 Å². The maximum atomic E-state index is 4.26. The summed E-state index contributed by atoms with van der Waals surface area (Å²) in [6.45, 7) is 9.77. The largest absolute Gasteiger partial charge is 0.249 e. The van der Waals surface area contributed by atoms with Crippen molar-refractivity contribution in [2.24, 2.45) is 0 Å². The van der Waals surface area contributed by atoms with Gasteiger partial charge in [-0.25, -0.2) is 4.68 Å². The summed E-state index contributed by atoms with van der Waals surface area (Å²) in [7, 11) is 0. The molecule has 0 aliphatic rings. The Morgan fingerprint density at radius 2 is 1.93 bits per heavy atom. The first-order valence-corrected chi connectivity index (χ1v) is 5.62. The van der Waals surface area contributed by atoms with Crippen molar-refractivity contribution in [3.05, 3.63) is 11.4 Å². The van der Waals surface area contributed by atoms with Crippen LogP contribution in [0.5, 0.6) is 0 Å². The molecule has 0 saturated carbocycles. The Bertz CT molecular complexity index is 253. The fourth-order valence-corrected chi connectivity index (χ4v) is 1.78. The van der Waals surface area contributed by atoms with Gasteiger partial charge in [0.25, 0.3) is 0 Å². The molecule has 0 unspecified atom stereocenters. The van der Waals surface area contributed by atoms with Gasteiger partial charge in [-0.15, -0.1) is 5.10 Å². The standard InChI is InChI=1S/C11H21N3/c1-5-7-10-11(9(3)4)14(8-6-2)13-12-10/h9H,5-8H2,1-4H3. The highest BCUT2D eigenvalue weighted by Gasteiger charge is 2.14. The Balaban J connectivity index is 2.94. The molecule has 0 amide bonds. The molecular weight excluding hydrogens is 174 g/mol. The van der Waals surface area contributed by atoms with Gasteiger partial charge in [0.1, 0.15) is 0 Å². The Hall–Kier alpha value is -0.860. The molecule has 3 nitrogen and oxygen atoms in total. The van der Waals surface area contributed by atoms with E-state index in [4.69, 9.17) is 0 Å². The Labute approximate surface area is 86.5 Å². The molecule has 0 aliphatic heterocycles. The summed E-state index contributed by atoms with van der Waals surface area (Å²) < 4.78 is 2.07. The summed E-state index contributed by atoms with van der Waals surface area (Å²) in [5.74, 6) is 0.526. The minimum atomic E-state index is 0.526. The number of rotatable bonds is 5. The van der Waals surface area contributed by atoms with Crippen LogP contribution in [0.15, 0.2) is 0 Å². The van der Waals surface area contributed by atoms with E-state index in [9.17, 15) is 0 Å². The Kier molecular flexibility index (Phi) is 4.11. The van der Waals surface area contributed by atoms with Gasteiger partial charge in [0.05, 0.1) is 11.4 Å². The fraction of sp³-hybridized carbons (Fsp3) is 0.818. The summed E-state index contributed by atoms with van der Waals surface area (Å²) in [4.78, 5) is 0. The molecule has 14 heavy (non-hydrogen) atoms. The number of aromatic nitrogens is 3. The van der Waals surface area contributed by atoms with Crippen LogP contribution in [0, 0.1) is 0 Å². The predicted octanol–water partition coefficient (Wildman–Crippen LogP) is 2.76. The second-order valence-corrected chi connectivity index (χ2v) is 4.05. The average Bonchev–Trinajstić information content (AvgIpc) is 2.49. The number of hydrogen-bond acceptors (Lipinski definition) is 2. The van der Waals surface area contributed by atoms with Gasteiger partial charge in [-0.3, -0.25) is 0 Å². The van der Waals surface area contributed by atoms with Crippen molar-refractivity contribution in [3.63, 3.8) is 0 Å². The number of aryl methyl sites for hydroxylation is 2. The maximum Gasteiger partial charge on any atom is 0.0861 e. The molecule has 1 heterocycles. The van der Waals surface area contributed by atoms with Crippen molar-refractivity contribution >= 4 is 0 Å². The van der Waals surface area contributed by atoms with Crippen molar-refractivity contribution in [2.45, 2.75) is 59.4 Å². The SMILES string of the molecule is CCCc1nnn(CCC)c1C(C)C. The second kappa shape index (κ2) is 5.13. The Morgan fingerprint density at radius 3 is 2.43 bits per heavy atom. The summed E-state index contributed by atoms with van der Waals surface area (Å²) in [5.41, 5.74) is 2.52. The first-order chi connectivity index (χ1) is 6.70. The third kappa shape index (κ3) is 2.34. The summed E-state index contributed by atoms with van der Waals surface area (Å²) in [5, 5.41) is 8.47. The molecule has 0 bridgehead atoms. The van der Waals surface area contributed by atoms with Gasteiger partial charge in [0.2, 0.25) is 0 Å². The van der Waals surface area contributed by atoms with Crippen molar-refractivity contribution in [1.82, 2.24) is 15.0 Å². The van der Waals surface area contributed by atoms with Gasteiger partial charge in [-0.05, 0) is 18.8 Å². The molecule has 80 valence electrons. The van der Waals surface area contributed by atoms with E-state index in [1.54, 1.807) is 0 Å². The van der Waals surface area contributed by atoms with Gasteiger partial charge < -0.3 is 0 Å². The highest BCUT2D eigenvalue weighted by Crippen LogP contribution is 2.18. The van der Waals surface area contributed by atoms with Crippen LogP contribution in [0.4, 0.5) is 0 Å². The van der Waals surface area contributed by atoms with Gasteiger partial charge in [-0.1, -0.05) is 39.3 Å². The van der Waals surface area contributed by atoms with Crippen LogP contribution in [0.25, 0.3) is 0 Å². The van der Waals surface area contributed by atoms with Crippen LogP contribution >= 0.6 is 0 Å². The molecule has 0 atom stereocenters. The molecule has 1 aromatic rings. The summed E-state index contributed by atoms with van der Waals surface area (Å²) in [6.07, 6.45) is 3.32. The molecule has 0 N–H and O–H groups in total. The lowest BCUT2D eigenvalue weighted by atomic mass is 10.1. The fourth-order valence-electron chi connectivity index (χ4n) is 1.78. The second-order valence-electron chi connectivity index (χ2n) is 4.05. The zero-order valence-corrected chi connectivity index (χ0v) is 9.75. The van der Waals surface area contributed by atoms with Crippen LogP contribution in [-0.2, 0) is 13.0 Å². The van der Waals surface area contributed by atoms with Crippen molar-refractivity contribution in [1.29, 1.82) is 0 Å². The van der Waals surface area contributed by atoms with E-state index >= 15 is 0 Å². The van der Waals surface area contributed by atoms with E-state index in [2.05, 4.69) is 42.7 Å². The summed E-state index contributed by atoms with van der Waals surface area (Å²) in [6, 6.07) is 0. The molecule has 0 aromatic carbocycles. The molecule has 0 aliphatic carbocycles. The van der Waals surface area contributed by atoms with Gasteiger partial charge in [0.15, 0.2) is 0 Å². The maximum absolute atomic E-state index is 4.26. The van der Waals surface area contributed by atoms with Crippen LogP contribution < -0.4 is 0 Å². The topological polar surface area (TPSA) is 30.7 Å². The third-order valence-corrected chi connectivity index (χ3v) is 2.32. The molecule has 0 saturated heterocycles. The van der Waals surface area contributed by atoms with Crippen molar-refractivity contribution in [3.8, 4) is 0 Å². The average molecular weight is 195 g/mol. The van der Waals surface area contributed by atoms with Crippen LogP contribution in [0.1, 0.15) is 57.8 Å². The molecule has 0 spiro atoms. The summed E-state index contributed by atoms with van der Waals surface area (Å²) >= 11 is 0. The van der Waals surface area contributed by atoms with E-state index in [1.807, 2.05) is 0 Å². The molecule has 0 fully saturated rings. The van der Waals surface area contributed by atoms with Crippen LogP contribution in [-0.4, -0.2) is 15.0 Å². The minimum Gasteiger partial charge on any atom is -0.249 e. The molecule has 3 heteroatoms. The number of nitrogens with zero attached hydrogens (tertiary/aromatic N) is 3. The van der Waals surface area contributed by atoms with Crippen LogP contribution in [0.2, 0.25) is 0 Å². The zero-order chi connectivity index (χ0) is 10.6. The number of hydrogen-bond donors (Lipinski definition) is 0. The predicted molar refractivity (Wildman–Crippen MR) is 58.4 cm³/mol. The zero-order valence-electron chi connectivity index (χ0n) is 9.75. The van der Waals surface area contributed by atoms with E-state index in [0.717, 1.165) is 25.8 Å². The smallest absolute Gasteiger partial charge is 0.0861 e. The highest BCUT2D eigenvalue weighted by molar-refractivity contribution is 5.14. The molecule has 0 radical (unpaired) electrons. The Morgan fingerprint density at radius 1 is 1.21 bits per heavy atom. The molecular formula is C11H21N3. The third-order valence-electron chi connectivity index (χ3n) is 2.32. The van der Waals surface area contributed by atoms with Gasteiger partial charge in [-0.2, -0.15) is 0 Å². The van der Waals surface area contributed by atoms with Gasteiger partial charge in [0, 0.05) is 6.54 Å². The van der Waals surface area contributed by atoms with E-state index in [1.165, 1.54) is 11.4 Å². The quantitative estimate of drug-likeness (QED) is 0.723.